The van der Waals surface area contributed by atoms with Crippen molar-refractivity contribution in [2.24, 2.45) is 0 Å². The van der Waals surface area contributed by atoms with Gasteiger partial charge in [-0.15, -0.1) is 0 Å². The van der Waals surface area contributed by atoms with E-state index in [1.54, 1.807) is 16.7 Å². The van der Waals surface area contributed by atoms with E-state index in [-0.39, 0.29) is 0 Å². The van der Waals surface area contributed by atoms with Crippen LogP contribution in [0.3, 0.4) is 0 Å². The van der Waals surface area contributed by atoms with E-state index >= 15 is 0 Å². The Morgan fingerprint density at radius 3 is 2.59 bits per heavy atom. The van der Waals surface area contributed by atoms with Crippen LogP contribution >= 0.6 is 0 Å². The first-order valence-electron chi connectivity index (χ1n) is 9.11. The molecule has 5 nitrogen and oxygen atoms in total. The van der Waals surface area contributed by atoms with Gasteiger partial charge in [0.05, 0.1) is 22.6 Å². The third-order valence-corrected chi connectivity index (χ3v) is 7.07. The Labute approximate surface area is 160 Å². The number of imidazole rings is 1. The normalized spacial score (nSPS) is 14.3. The number of hydrogen-bond donors (Lipinski definition) is 0. The summed E-state index contributed by atoms with van der Waals surface area (Å²) in [5.41, 5.74) is 5.37. The van der Waals surface area contributed by atoms with Gasteiger partial charge in [0, 0.05) is 18.4 Å². The highest BCUT2D eigenvalue weighted by molar-refractivity contribution is 7.92. The van der Waals surface area contributed by atoms with Crippen LogP contribution < -0.4 is 4.31 Å². The zero-order valence-corrected chi connectivity index (χ0v) is 16.6. The van der Waals surface area contributed by atoms with Crippen molar-refractivity contribution < 1.29 is 8.42 Å². The van der Waals surface area contributed by atoms with E-state index in [9.17, 15) is 8.42 Å². The summed E-state index contributed by atoms with van der Waals surface area (Å²) in [6.07, 6.45) is 5.34. The van der Waals surface area contributed by atoms with Crippen molar-refractivity contribution >= 4 is 15.7 Å². The highest BCUT2D eigenvalue weighted by Crippen LogP contribution is 2.35. The van der Waals surface area contributed by atoms with Crippen LogP contribution in [0.5, 0.6) is 0 Å². The lowest BCUT2D eigenvalue weighted by Gasteiger charge is -2.32. The zero-order chi connectivity index (χ0) is 19.2. The molecule has 0 radical (unpaired) electrons. The lowest BCUT2D eigenvalue weighted by molar-refractivity contribution is 0.585. The number of hydrogen-bond acceptors (Lipinski definition) is 3. The van der Waals surface area contributed by atoms with Crippen molar-refractivity contribution in [1.82, 2.24) is 9.55 Å². The molecule has 3 aromatic rings. The van der Waals surface area contributed by atoms with Gasteiger partial charge in [-0.25, -0.2) is 13.4 Å². The van der Waals surface area contributed by atoms with Gasteiger partial charge in [-0.2, -0.15) is 0 Å². The number of rotatable bonds is 3. The zero-order valence-electron chi connectivity index (χ0n) is 15.8. The fourth-order valence-corrected chi connectivity index (χ4v) is 5.61. The molecule has 6 heteroatoms. The molecule has 1 aliphatic heterocycles. The minimum Gasteiger partial charge on any atom is -0.306 e. The fraction of sp³-hybridized carbons (Fsp3) is 0.286. The average molecular weight is 382 g/mol. The smallest absolute Gasteiger partial charge is 0.264 e. The Hall–Kier alpha value is -2.60. The summed E-state index contributed by atoms with van der Waals surface area (Å²) in [7, 11) is -3.65. The molecule has 2 heterocycles. The molecular formula is C21H23N3O2S. The number of aromatic nitrogens is 2. The number of benzene rings is 2. The van der Waals surface area contributed by atoms with Crippen LogP contribution in [0.4, 0.5) is 5.69 Å². The Bertz CT molecular complexity index is 1120. The molecule has 0 fully saturated rings. The standard InChI is InChI=1S/C21H23N3O2S/c1-15-9-10-19(23-13-17(3)22-14-23)12-20(15)27(25,26)24-11-5-8-18-7-4-6-16(2)21(18)24/h4,6-7,9-10,12-14H,5,8,11H2,1-3H3. The summed E-state index contributed by atoms with van der Waals surface area (Å²) in [4.78, 5) is 4.59. The van der Waals surface area contributed by atoms with Gasteiger partial charge in [-0.05, 0) is 62.4 Å². The molecule has 0 amide bonds. The molecule has 0 unspecified atom stereocenters. The van der Waals surface area contributed by atoms with Crippen molar-refractivity contribution in [3.63, 3.8) is 0 Å². The lowest BCUT2D eigenvalue weighted by Crippen LogP contribution is -2.36. The molecular weight excluding hydrogens is 358 g/mol. The number of fused-ring (bicyclic) bond motifs is 1. The van der Waals surface area contributed by atoms with Gasteiger partial charge >= 0.3 is 0 Å². The second kappa shape index (κ2) is 6.53. The summed E-state index contributed by atoms with van der Waals surface area (Å²) in [6.45, 7) is 6.24. The van der Waals surface area contributed by atoms with Crippen LogP contribution in [0.15, 0.2) is 53.8 Å². The van der Waals surface area contributed by atoms with Crippen molar-refractivity contribution in [2.45, 2.75) is 38.5 Å². The van der Waals surface area contributed by atoms with Gasteiger partial charge in [0.2, 0.25) is 0 Å². The maximum atomic E-state index is 13.6. The second-order valence-corrected chi connectivity index (χ2v) is 8.97. The van der Waals surface area contributed by atoms with Gasteiger partial charge in [-0.1, -0.05) is 24.3 Å². The van der Waals surface area contributed by atoms with Gasteiger partial charge in [0.25, 0.3) is 10.0 Å². The molecule has 140 valence electrons. The van der Waals surface area contributed by atoms with Crippen molar-refractivity contribution in [3.05, 3.63) is 71.3 Å². The molecule has 1 aromatic heterocycles. The third-order valence-electron chi connectivity index (χ3n) is 5.13. The van der Waals surface area contributed by atoms with Crippen molar-refractivity contribution in [2.75, 3.05) is 10.8 Å². The van der Waals surface area contributed by atoms with E-state index in [0.717, 1.165) is 46.6 Å². The van der Waals surface area contributed by atoms with Gasteiger partial charge in [0.1, 0.15) is 0 Å². The van der Waals surface area contributed by atoms with Gasteiger partial charge in [0.15, 0.2) is 0 Å². The van der Waals surface area contributed by atoms with Crippen molar-refractivity contribution in [1.29, 1.82) is 0 Å². The van der Waals surface area contributed by atoms with Crippen LogP contribution in [0.1, 0.15) is 28.8 Å². The minimum absolute atomic E-state index is 0.349. The summed E-state index contributed by atoms with van der Waals surface area (Å²) in [6, 6.07) is 11.5. The van der Waals surface area contributed by atoms with Crippen LogP contribution in [-0.4, -0.2) is 24.5 Å². The van der Waals surface area contributed by atoms with Gasteiger partial charge < -0.3 is 4.57 Å². The first-order chi connectivity index (χ1) is 12.9. The largest absolute Gasteiger partial charge is 0.306 e. The van der Waals surface area contributed by atoms with Crippen LogP contribution in [0.25, 0.3) is 5.69 Å². The monoisotopic (exact) mass is 381 g/mol. The summed E-state index contributed by atoms with van der Waals surface area (Å²) in [5.74, 6) is 0. The van der Waals surface area contributed by atoms with Gasteiger partial charge in [-0.3, -0.25) is 4.31 Å². The number of anilines is 1. The average Bonchev–Trinajstić information content (AvgIpc) is 3.08. The molecule has 0 saturated carbocycles. The van der Waals surface area contributed by atoms with Crippen LogP contribution in [0, 0.1) is 20.8 Å². The number of nitrogens with zero attached hydrogens (tertiary/aromatic N) is 3. The summed E-state index contributed by atoms with van der Waals surface area (Å²) in [5, 5.41) is 0. The number of aryl methyl sites for hydroxylation is 4. The highest BCUT2D eigenvalue weighted by Gasteiger charge is 2.31. The molecule has 0 saturated heterocycles. The Morgan fingerprint density at radius 1 is 1.04 bits per heavy atom. The van der Waals surface area contributed by atoms with E-state index in [0.29, 0.717) is 11.4 Å². The Morgan fingerprint density at radius 2 is 1.85 bits per heavy atom. The molecule has 0 atom stereocenters. The first-order valence-corrected chi connectivity index (χ1v) is 10.5. The van der Waals surface area contributed by atoms with E-state index in [4.69, 9.17) is 0 Å². The van der Waals surface area contributed by atoms with Crippen LogP contribution in [0.2, 0.25) is 0 Å². The number of para-hydroxylation sites is 1. The van der Waals surface area contributed by atoms with Crippen LogP contribution in [-0.2, 0) is 16.4 Å². The Balaban J connectivity index is 1.84. The predicted octanol–water partition coefficient (Wildman–Crippen LogP) is 3.94. The summed E-state index contributed by atoms with van der Waals surface area (Å²) >= 11 is 0. The molecule has 0 spiro atoms. The van der Waals surface area contributed by atoms with E-state index < -0.39 is 10.0 Å². The number of sulfonamides is 1. The molecule has 2 aromatic carbocycles. The molecule has 1 aliphatic rings. The lowest BCUT2D eigenvalue weighted by atomic mass is 10.0. The maximum absolute atomic E-state index is 13.6. The molecule has 0 aliphatic carbocycles. The molecule has 0 bridgehead atoms. The van der Waals surface area contributed by atoms with E-state index in [1.165, 1.54) is 0 Å². The van der Waals surface area contributed by atoms with E-state index in [1.807, 2.05) is 61.9 Å². The molecule has 0 N–H and O–H groups in total. The molecule has 4 rings (SSSR count). The second-order valence-electron chi connectivity index (χ2n) is 7.14. The fourth-order valence-electron chi connectivity index (χ4n) is 3.75. The minimum atomic E-state index is -3.65. The molecule has 27 heavy (non-hydrogen) atoms. The first kappa shape index (κ1) is 17.8. The quantitative estimate of drug-likeness (QED) is 0.690. The predicted molar refractivity (Wildman–Crippen MR) is 107 cm³/mol. The third kappa shape index (κ3) is 3.04. The highest BCUT2D eigenvalue weighted by atomic mass is 32.2. The Kier molecular flexibility index (Phi) is 4.30. The van der Waals surface area contributed by atoms with E-state index in [2.05, 4.69) is 4.98 Å². The topological polar surface area (TPSA) is 55.2 Å². The maximum Gasteiger partial charge on any atom is 0.264 e. The SMILES string of the molecule is Cc1cn(-c2ccc(C)c(S(=O)(=O)N3CCCc4cccc(C)c43)c2)cn1. The summed E-state index contributed by atoms with van der Waals surface area (Å²) < 4.78 is 30.7. The van der Waals surface area contributed by atoms with Crippen molar-refractivity contribution in [3.8, 4) is 5.69 Å².